The molecule has 1 fully saturated rings. The minimum Gasteiger partial charge on any atom is -0.484 e. The number of aliphatic hydroxyl groups excluding tert-OH is 1. The average molecular weight is 1390 g/mol. The molecule has 0 radical (unpaired) electrons. The number of anilines is 1. The Morgan fingerprint density at radius 2 is 1.46 bits per heavy atom. The van der Waals surface area contributed by atoms with E-state index < -0.39 is 125 Å². The smallest absolute Gasteiger partial charge is 0.434 e. The fourth-order valence-electron chi connectivity index (χ4n) is 11.9. The van der Waals surface area contributed by atoms with Crippen molar-refractivity contribution in [1.29, 1.82) is 0 Å². The largest absolute Gasteiger partial charge is 0.484 e. The van der Waals surface area contributed by atoms with E-state index in [1.807, 2.05) is 32.0 Å². The van der Waals surface area contributed by atoms with Gasteiger partial charge in [-0.3, -0.25) is 53.0 Å². The van der Waals surface area contributed by atoms with Gasteiger partial charge in [-0.05, 0) is 65.7 Å². The number of amides is 10. The summed E-state index contributed by atoms with van der Waals surface area (Å²) >= 11 is 0. The van der Waals surface area contributed by atoms with Gasteiger partial charge in [-0.25, -0.2) is 9.36 Å². The van der Waals surface area contributed by atoms with Crippen LogP contribution in [-0.2, 0) is 87.1 Å². The SMILES string of the molecule is CC[C@H](C)[C@@H]([C@@H](CC(=O)N1CCC[C@H]1[C@H](OC)[C@@H](C)C(=O)N[C@H](C)[C@@H](O)c1ccccc1)OC)N(C)C(=O)[C@@H](NC(=O)[C@H](C(C)C)N(C)C(=O)OCc1ccc(OCc2cnc([N+](=O)[O-])n2C)c(NC(=O)CNC(=O)CCOCCOCCNC(=O)CCN2C(=O)C=CC2=O)c1)C(C)C. The van der Waals surface area contributed by atoms with E-state index in [4.69, 9.17) is 28.4 Å². The van der Waals surface area contributed by atoms with E-state index in [1.54, 1.807) is 71.7 Å². The van der Waals surface area contributed by atoms with Crippen LogP contribution in [0, 0.1) is 33.8 Å². The molecule has 0 spiro atoms. The van der Waals surface area contributed by atoms with Gasteiger partial charge >= 0.3 is 12.0 Å². The lowest BCUT2D eigenvalue weighted by Gasteiger charge is -2.41. The van der Waals surface area contributed by atoms with Crippen LogP contribution in [0.2, 0.25) is 0 Å². The molecule has 10 atom stereocenters. The fourth-order valence-corrected chi connectivity index (χ4v) is 11.9. The molecule has 2 aromatic carbocycles. The maximum absolute atomic E-state index is 14.9. The number of likely N-dealkylation sites (tertiary alicyclic amines) is 1. The predicted molar refractivity (Wildman–Crippen MR) is 360 cm³/mol. The third-order valence-electron chi connectivity index (χ3n) is 17.7. The van der Waals surface area contributed by atoms with Crippen LogP contribution >= 0.6 is 0 Å². The normalized spacial score (nSPS) is 16.4. The zero-order valence-corrected chi connectivity index (χ0v) is 59.0. The Kier molecular flexibility index (Phi) is 32.3. The maximum atomic E-state index is 14.9. The van der Waals surface area contributed by atoms with Gasteiger partial charge < -0.3 is 80.0 Å². The molecule has 31 heteroatoms. The molecule has 1 aromatic heterocycles. The number of hydrogen-bond donors (Lipinski definition) is 6. The van der Waals surface area contributed by atoms with Crippen molar-refractivity contribution in [2.75, 3.05) is 86.2 Å². The summed E-state index contributed by atoms with van der Waals surface area (Å²) in [4.78, 5) is 153. The van der Waals surface area contributed by atoms with Crippen LogP contribution in [0.3, 0.4) is 0 Å². The zero-order valence-electron chi connectivity index (χ0n) is 59.0. The number of carbonyl (C=O) groups excluding carboxylic acids is 10. The molecular weight excluding hydrogens is 1290 g/mol. The first-order valence-corrected chi connectivity index (χ1v) is 33.3. The number of carbonyl (C=O) groups is 10. The average Bonchev–Trinajstić information content (AvgIpc) is 1.81. The van der Waals surface area contributed by atoms with Crippen LogP contribution in [0.1, 0.15) is 117 Å². The van der Waals surface area contributed by atoms with Crippen molar-refractivity contribution in [3.63, 3.8) is 0 Å². The van der Waals surface area contributed by atoms with Crippen molar-refractivity contribution in [2.24, 2.45) is 30.7 Å². The second-order valence-corrected chi connectivity index (χ2v) is 25.4. The van der Waals surface area contributed by atoms with Crippen molar-refractivity contribution in [3.05, 3.63) is 93.8 Å². The molecule has 5 rings (SSSR count). The fraction of sp³-hybridized carbons (Fsp3) is 0.603. The summed E-state index contributed by atoms with van der Waals surface area (Å²) in [5.41, 5.74) is 1.40. The number of aromatic nitrogens is 2. The number of hydrogen-bond acceptors (Lipinski definition) is 20. The highest BCUT2D eigenvalue weighted by Gasteiger charge is 2.44. The highest BCUT2D eigenvalue weighted by Crippen LogP contribution is 2.32. The second-order valence-electron chi connectivity index (χ2n) is 25.4. The first kappa shape index (κ1) is 80.8. The van der Waals surface area contributed by atoms with Crippen LogP contribution in [0.5, 0.6) is 5.75 Å². The lowest BCUT2D eigenvalue weighted by atomic mass is 9.89. The van der Waals surface area contributed by atoms with E-state index in [0.29, 0.717) is 42.6 Å². The molecule has 2 aliphatic heterocycles. The van der Waals surface area contributed by atoms with Crippen molar-refractivity contribution < 1.29 is 86.4 Å². The third kappa shape index (κ3) is 23.4. The van der Waals surface area contributed by atoms with Crippen LogP contribution in [0.4, 0.5) is 16.4 Å². The molecule has 3 aromatic rings. The highest BCUT2D eigenvalue weighted by molar-refractivity contribution is 6.13. The highest BCUT2D eigenvalue weighted by atomic mass is 16.6. The number of nitrogens with zero attached hydrogens (tertiary/aromatic N) is 7. The number of nitro groups is 1. The number of aliphatic hydroxyl groups is 1. The first-order chi connectivity index (χ1) is 47.0. The van der Waals surface area contributed by atoms with Crippen LogP contribution in [-0.4, -0.2) is 222 Å². The number of nitrogens with one attached hydrogen (secondary N) is 5. The van der Waals surface area contributed by atoms with E-state index in [-0.39, 0.29) is 107 Å². The number of imidazole rings is 1. The summed E-state index contributed by atoms with van der Waals surface area (Å²) < 4.78 is 35.9. The van der Waals surface area contributed by atoms with Gasteiger partial charge in [-0.15, -0.1) is 0 Å². The van der Waals surface area contributed by atoms with E-state index in [1.165, 1.54) is 56.1 Å². The van der Waals surface area contributed by atoms with Crippen LogP contribution in [0.25, 0.3) is 0 Å². The molecule has 0 unspecified atom stereocenters. The van der Waals surface area contributed by atoms with Gasteiger partial charge in [0.15, 0.2) is 5.69 Å². The van der Waals surface area contributed by atoms with Crippen LogP contribution < -0.4 is 31.3 Å². The van der Waals surface area contributed by atoms with Crippen molar-refractivity contribution in [2.45, 2.75) is 156 Å². The Morgan fingerprint density at radius 3 is 2.08 bits per heavy atom. The second kappa shape index (κ2) is 39.6. The molecule has 31 nitrogen and oxygen atoms in total. The lowest BCUT2D eigenvalue weighted by Crippen LogP contribution is -2.60. The Morgan fingerprint density at radius 1 is 0.798 bits per heavy atom. The number of ether oxygens (including phenoxy) is 6. The molecule has 546 valence electrons. The summed E-state index contributed by atoms with van der Waals surface area (Å²) in [6.45, 7) is 14.3. The molecule has 10 amide bonds. The van der Waals surface area contributed by atoms with Crippen molar-refractivity contribution in [3.8, 4) is 5.75 Å². The Balaban J connectivity index is 1.17. The summed E-state index contributed by atoms with van der Waals surface area (Å²) in [5, 5.41) is 36.2. The maximum Gasteiger partial charge on any atom is 0.434 e. The summed E-state index contributed by atoms with van der Waals surface area (Å²) in [7, 11) is 7.43. The van der Waals surface area contributed by atoms with E-state index >= 15 is 0 Å². The molecular formula is C68H100N12O19. The zero-order chi connectivity index (χ0) is 73.2. The van der Waals surface area contributed by atoms with Gasteiger partial charge in [0.05, 0.1) is 94.5 Å². The number of rotatable bonds is 41. The Bertz CT molecular complexity index is 3260. The van der Waals surface area contributed by atoms with Gasteiger partial charge in [0, 0.05) is 72.9 Å². The first-order valence-electron chi connectivity index (χ1n) is 33.3. The quantitative estimate of drug-likeness (QED) is 0.0204. The summed E-state index contributed by atoms with van der Waals surface area (Å²) in [6.07, 6.45) is 1.76. The molecule has 2 aliphatic rings. The lowest BCUT2D eigenvalue weighted by molar-refractivity contribution is -0.396. The van der Waals surface area contributed by atoms with Gasteiger partial charge in [-0.2, -0.15) is 0 Å². The summed E-state index contributed by atoms with van der Waals surface area (Å²) in [6, 6.07) is 9.51. The Labute approximate surface area is 577 Å². The molecule has 1 saturated heterocycles. The number of likely N-dealkylation sites (N-methyl/N-ethyl adjacent to an activating group) is 2. The number of benzene rings is 2. The Hall–Kier alpha value is -8.91. The summed E-state index contributed by atoms with van der Waals surface area (Å²) in [5.74, 6) is -6.39. The van der Waals surface area contributed by atoms with Gasteiger partial charge in [0.1, 0.15) is 37.2 Å². The molecule has 0 aliphatic carbocycles. The van der Waals surface area contributed by atoms with Crippen LogP contribution in [0.15, 0.2) is 66.9 Å². The molecule has 99 heavy (non-hydrogen) atoms. The minimum absolute atomic E-state index is 0.00966. The predicted octanol–water partition coefficient (Wildman–Crippen LogP) is 3.71. The minimum atomic E-state index is -1.16. The van der Waals surface area contributed by atoms with E-state index in [9.17, 15) is 63.2 Å². The topological polar surface area (TPSA) is 380 Å². The molecule has 0 bridgehead atoms. The standard InChI is InChI=1S/C68H100N12O19/c1-14-43(6)61(52(94-12)36-58(86)78-29-18-21-50(78)63(95-13)44(7)64(88)72-45(8)62(87)47-19-16-15-17-20-47)76(10)66(90)59(41(2)3)74-65(89)60(42(4)5)77(11)68(91)99-39-46-22-23-51(98-40-48-37-71-67(75(48)9)80(92)93)49(35-46)73-55(83)38-70-54(82)27-31-96-33-34-97-32-28-69-53(81)26-30-79-56(84)24-25-57(79)85/h15-17,19-20,22-25,35,37,41-45,50,52,59-63,87H,14,18,21,26-34,36,38-40H2,1-13H3,(H,69,81)(H,70,82)(H,72,88)(H,73,83)(H,74,89)/t43-,44+,45+,50-,52+,59-,60-,61-,62+,63+/m0/s1. The number of methoxy groups -OCH3 is 2. The van der Waals surface area contributed by atoms with Crippen molar-refractivity contribution in [1.82, 2.24) is 50.4 Å². The van der Waals surface area contributed by atoms with Crippen molar-refractivity contribution >= 4 is 70.9 Å². The molecule has 0 saturated carbocycles. The molecule has 3 heterocycles. The van der Waals surface area contributed by atoms with Gasteiger partial charge in [0.25, 0.3) is 11.8 Å². The van der Waals surface area contributed by atoms with Gasteiger partial charge in [0.2, 0.25) is 41.4 Å². The van der Waals surface area contributed by atoms with E-state index in [2.05, 4.69) is 31.6 Å². The number of imide groups is 1. The van der Waals surface area contributed by atoms with Gasteiger partial charge in [-0.1, -0.05) is 96.3 Å². The van der Waals surface area contributed by atoms with E-state index in [0.717, 1.165) is 22.0 Å². The molecule has 6 N–H and O–H groups in total. The monoisotopic (exact) mass is 1390 g/mol. The third-order valence-corrected chi connectivity index (χ3v) is 17.7.